The number of benzene rings is 1. The summed E-state index contributed by atoms with van der Waals surface area (Å²) in [4.78, 5) is 19.8. The Labute approximate surface area is 117 Å². The zero-order valence-electron chi connectivity index (χ0n) is 11.1. The van der Waals surface area contributed by atoms with Crippen molar-refractivity contribution in [2.24, 2.45) is 0 Å². The van der Waals surface area contributed by atoms with Gasteiger partial charge >= 0.3 is 0 Å². The number of aliphatic hydroxyl groups excluding tert-OH is 1. The highest BCUT2D eigenvalue weighted by molar-refractivity contribution is 5.96. The molecule has 102 valence electrons. The topological polar surface area (TPSA) is 63.1 Å². The molecule has 0 bridgehead atoms. The van der Waals surface area contributed by atoms with Crippen molar-refractivity contribution in [1.82, 2.24) is 9.97 Å². The largest absolute Gasteiger partial charge is 0.388 e. The Bertz CT molecular complexity index is 604. The third kappa shape index (κ3) is 2.47. The Morgan fingerprint density at radius 2 is 1.80 bits per heavy atom. The lowest BCUT2D eigenvalue weighted by atomic mass is 9.92. The van der Waals surface area contributed by atoms with E-state index in [1.807, 2.05) is 6.07 Å². The van der Waals surface area contributed by atoms with Crippen LogP contribution in [-0.2, 0) is 11.8 Å². The molecule has 1 aromatic heterocycles. The minimum atomic E-state index is -0.503. The number of rotatable bonds is 5. The van der Waals surface area contributed by atoms with E-state index < -0.39 is 6.61 Å². The highest BCUT2D eigenvalue weighted by Crippen LogP contribution is 2.50. The number of carbonyl (C=O) groups excluding carboxylic acids is 1. The van der Waals surface area contributed by atoms with Gasteiger partial charge < -0.3 is 5.11 Å². The first kappa shape index (κ1) is 12.9. The lowest BCUT2D eigenvalue weighted by Gasteiger charge is -2.14. The van der Waals surface area contributed by atoms with Gasteiger partial charge in [-0.25, -0.2) is 9.97 Å². The molecule has 1 saturated carbocycles. The fourth-order valence-electron chi connectivity index (χ4n) is 2.49. The van der Waals surface area contributed by atoms with E-state index in [0.29, 0.717) is 5.56 Å². The lowest BCUT2D eigenvalue weighted by Crippen LogP contribution is -2.14. The maximum absolute atomic E-state index is 11.3. The van der Waals surface area contributed by atoms with Gasteiger partial charge in [-0.05, 0) is 18.4 Å². The Kier molecular flexibility index (Phi) is 3.32. The summed E-state index contributed by atoms with van der Waals surface area (Å²) in [6.07, 6.45) is 6.10. The average molecular weight is 268 g/mol. The van der Waals surface area contributed by atoms with Crippen molar-refractivity contribution >= 4 is 5.78 Å². The molecule has 3 rings (SSSR count). The van der Waals surface area contributed by atoms with Crippen LogP contribution in [0.2, 0.25) is 0 Å². The second-order valence-electron chi connectivity index (χ2n) is 5.29. The van der Waals surface area contributed by atoms with E-state index in [1.54, 1.807) is 0 Å². The normalized spacial score (nSPS) is 15.8. The van der Waals surface area contributed by atoms with E-state index in [4.69, 9.17) is 5.11 Å². The van der Waals surface area contributed by atoms with Crippen molar-refractivity contribution in [3.05, 3.63) is 59.7 Å². The predicted octanol–water partition coefficient (Wildman–Crippen LogP) is 1.93. The van der Waals surface area contributed by atoms with Crippen molar-refractivity contribution in [2.45, 2.75) is 24.7 Å². The minimum Gasteiger partial charge on any atom is -0.388 e. The summed E-state index contributed by atoms with van der Waals surface area (Å²) >= 11 is 0. The monoisotopic (exact) mass is 268 g/mol. The molecular weight excluding hydrogens is 252 g/mol. The van der Waals surface area contributed by atoms with Crippen molar-refractivity contribution in [2.75, 3.05) is 6.61 Å². The molecular formula is C16H16N2O2. The molecule has 1 aliphatic rings. The molecule has 0 spiro atoms. The van der Waals surface area contributed by atoms with Crippen LogP contribution in [0.5, 0.6) is 0 Å². The second-order valence-corrected chi connectivity index (χ2v) is 5.29. The molecule has 1 N–H and O–H groups in total. The summed E-state index contributed by atoms with van der Waals surface area (Å²) in [5.41, 5.74) is 1.86. The number of aromatic nitrogens is 2. The number of nitrogens with zero attached hydrogens (tertiary/aromatic N) is 2. The van der Waals surface area contributed by atoms with Gasteiger partial charge in [-0.15, -0.1) is 0 Å². The second kappa shape index (κ2) is 5.13. The first-order valence-electron chi connectivity index (χ1n) is 6.74. The number of hydrogen-bond acceptors (Lipinski definition) is 4. The number of carbonyl (C=O) groups is 1. The minimum absolute atomic E-state index is 0.170. The van der Waals surface area contributed by atoms with E-state index in [2.05, 4.69) is 34.2 Å². The van der Waals surface area contributed by atoms with Crippen molar-refractivity contribution < 1.29 is 9.90 Å². The molecule has 1 heterocycles. The molecule has 2 aromatic rings. The summed E-state index contributed by atoms with van der Waals surface area (Å²) < 4.78 is 0. The molecule has 0 atom stereocenters. The predicted molar refractivity (Wildman–Crippen MR) is 74.5 cm³/mol. The fraction of sp³-hybridized carbons (Fsp3) is 0.312. The zero-order chi connectivity index (χ0) is 14.0. The van der Waals surface area contributed by atoms with E-state index in [0.717, 1.165) is 25.1 Å². The number of hydrogen-bond donors (Lipinski definition) is 1. The summed E-state index contributed by atoms with van der Waals surface area (Å²) in [7, 11) is 0. The summed E-state index contributed by atoms with van der Waals surface area (Å²) in [5.74, 6) is 0.404. The van der Waals surface area contributed by atoms with Gasteiger partial charge in [0.15, 0.2) is 5.78 Å². The molecule has 0 saturated heterocycles. The van der Waals surface area contributed by atoms with Gasteiger partial charge in [-0.2, -0.15) is 0 Å². The van der Waals surface area contributed by atoms with Gasteiger partial charge in [0, 0.05) is 24.2 Å². The average Bonchev–Trinajstić information content (AvgIpc) is 3.29. The maximum Gasteiger partial charge on any atom is 0.191 e. The van der Waals surface area contributed by atoms with Crippen LogP contribution in [0.3, 0.4) is 0 Å². The van der Waals surface area contributed by atoms with E-state index in [9.17, 15) is 4.79 Å². The Hall–Kier alpha value is -2.07. The molecule has 4 nitrogen and oxygen atoms in total. The Morgan fingerprint density at radius 1 is 1.15 bits per heavy atom. The SMILES string of the molecule is O=C(CO)c1cnc(CC2(c3ccccc3)CC2)nc1. The number of Topliss-reactive ketones (excluding diaryl/α,β-unsaturated/α-hetero) is 1. The smallest absolute Gasteiger partial charge is 0.191 e. The van der Waals surface area contributed by atoms with Crippen molar-refractivity contribution in [3.63, 3.8) is 0 Å². The van der Waals surface area contributed by atoms with Gasteiger partial charge in [0.1, 0.15) is 12.4 Å². The standard InChI is InChI=1S/C16H16N2O2/c19-11-14(20)12-9-17-15(18-10-12)8-16(6-7-16)13-4-2-1-3-5-13/h1-5,9-10,19H,6-8,11H2. The van der Waals surface area contributed by atoms with Gasteiger partial charge in [-0.3, -0.25) is 4.79 Å². The first-order chi connectivity index (χ1) is 9.73. The molecule has 0 aliphatic heterocycles. The van der Waals surface area contributed by atoms with Gasteiger partial charge in [0.05, 0.1) is 5.56 Å². The Morgan fingerprint density at radius 3 is 2.35 bits per heavy atom. The Balaban J connectivity index is 1.77. The summed E-state index contributed by atoms with van der Waals surface area (Å²) in [6.45, 7) is -0.503. The molecule has 0 radical (unpaired) electrons. The lowest BCUT2D eigenvalue weighted by molar-refractivity contribution is 0.0903. The van der Waals surface area contributed by atoms with Crippen LogP contribution in [0, 0.1) is 0 Å². The fourth-order valence-corrected chi connectivity index (χ4v) is 2.49. The third-order valence-corrected chi connectivity index (χ3v) is 3.91. The van der Waals surface area contributed by atoms with Crippen molar-refractivity contribution in [3.8, 4) is 0 Å². The van der Waals surface area contributed by atoms with Gasteiger partial charge in [0.2, 0.25) is 0 Å². The van der Waals surface area contributed by atoms with Gasteiger partial charge in [0.25, 0.3) is 0 Å². The van der Waals surface area contributed by atoms with Crippen LogP contribution in [0.1, 0.15) is 34.6 Å². The van der Waals surface area contributed by atoms with E-state index in [1.165, 1.54) is 18.0 Å². The van der Waals surface area contributed by atoms with Crippen LogP contribution in [-0.4, -0.2) is 27.5 Å². The van der Waals surface area contributed by atoms with Gasteiger partial charge in [-0.1, -0.05) is 30.3 Å². The van der Waals surface area contributed by atoms with Crippen LogP contribution < -0.4 is 0 Å². The quantitative estimate of drug-likeness (QED) is 0.842. The highest BCUT2D eigenvalue weighted by atomic mass is 16.3. The molecule has 1 aliphatic carbocycles. The first-order valence-corrected chi connectivity index (χ1v) is 6.74. The molecule has 1 fully saturated rings. The number of ketones is 1. The summed E-state index contributed by atoms with van der Waals surface area (Å²) in [6, 6.07) is 10.4. The van der Waals surface area contributed by atoms with Crippen LogP contribution in [0.25, 0.3) is 0 Å². The molecule has 1 aromatic carbocycles. The van der Waals surface area contributed by atoms with Crippen LogP contribution in [0.15, 0.2) is 42.7 Å². The van der Waals surface area contributed by atoms with Crippen LogP contribution >= 0.6 is 0 Å². The number of aliphatic hydroxyl groups is 1. The van der Waals surface area contributed by atoms with Crippen LogP contribution in [0.4, 0.5) is 0 Å². The highest BCUT2D eigenvalue weighted by Gasteiger charge is 2.44. The zero-order valence-corrected chi connectivity index (χ0v) is 11.1. The maximum atomic E-state index is 11.3. The van der Waals surface area contributed by atoms with Crippen molar-refractivity contribution in [1.29, 1.82) is 0 Å². The molecule has 0 amide bonds. The van der Waals surface area contributed by atoms with E-state index in [-0.39, 0.29) is 11.2 Å². The molecule has 0 unspecified atom stereocenters. The summed E-state index contributed by atoms with van der Waals surface area (Å²) in [5, 5.41) is 8.80. The third-order valence-electron chi connectivity index (χ3n) is 3.91. The molecule has 20 heavy (non-hydrogen) atoms. The van der Waals surface area contributed by atoms with E-state index >= 15 is 0 Å². The molecule has 4 heteroatoms.